The Morgan fingerprint density at radius 3 is 1.13 bits per heavy atom. The monoisotopic (exact) mass is 769 g/mol. The number of carbonyl (C=O) groups excluding carboxylic acids is 3. The molecule has 0 aliphatic carbocycles. The third kappa shape index (κ3) is 24.8. The highest BCUT2D eigenvalue weighted by molar-refractivity contribution is 6.21. The Bertz CT molecular complexity index is 1040. The lowest BCUT2D eigenvalue weighted by molar-refractivity contribution is -0.145. The average Bonchev–Trinajstić information content (AvgIpc) is 3.42. The van der Waals surface area contributed by atoms with Crippen molar-refractivity contribution in [2.24, 2.45) is 0 Å². The zero-order chi connectivity index (χ0) is 38.6. The molecule has 14 nitrogen and oxygen atoms in total. The summed E-state index contributed by atoms with van der Waals surface area (Å²) in [5, 5.41) is 0. The van der Waals surface area contributed by atoms with Gasteiger partial charge in [0.2, 0.25) is 0 Å². The largest absolute Gasteiger partial charge is 0.463 e. The molecule has 0 spiro atoms. The van der Waals surface area contributed by atoms with Crippen molar-refractivity contribution in [2.75, 3.05) is 132 Å². The first-order valence-electron chi connectivity index (χ1n) is 20.0. The van der Waals surface area contributed by atoms with Gasteiger partial charge in [-0.05, 0) is 18.6 Å². The van der Waals surface area contributed by atoms with E-state index in [1.165, 1.54) is 49.8 Å². The second-order valence-electron chi connectivity index (χ2n) is 12.6. The van der Waals surface area contributed by atoms with Crippen LogP contribution >= 0.6 is 0 Å². The Morgan fingerprint density at radius 1 is 0.444 bits per heavy atom. The average molecular weight is 770 g/mol. The number of hydrogen-bond acceptors (Lipinski definition) is 13. The van der Waals surface area contributed by atoms with E-state index in [9.17, 15) is 14.4 Å². The molecule has 1 aromatic carbocycles. The van der Waals surface area contributed by atoms with Gasteiger partial charge in [0.05, 0.1) is 137 Å². The van der Waals surface area contributed by atoms with Crippen molar-refractivity contribution in [1.82, 2.24) is 4.90 Å². The number of unbranched alkanes of at least 4 members (excludes halogenated alkanes) is 8. The number of amides is 2. The van der Waals surface area contributed by atoms with Crippen molar-refractivity contribution in [1.29, 1.82) is 0 Å². The maximum Gasteiger partial charge on any atom is 0.305 e. The molecular formula is C40H67NO13. The fourth-order valence-corrected chi connectivity index (χ4v) is 5.33. The third-order valence-corrected chi connectivity index (χ3v) is 8.29. The van der Waals surface area contributed by atoms with E-state index in [4.69, 9.17) is 47.4 Å². The first kappa shape index (κ1) is 47.6. The summed E-state index contributed by atoms with van der Waals surface area (Å²) >= 11 is 0. The van der Waals surface area contributed by atoms with Gasteiger partial charge >= 0.3 is 5.97 Å². The molecule has 310 valence electrons. The SMILES string of the molecule is CCCCCCCCCCCC(=O)OCCOCCOCCOCCOCCOCCOCCOCCOCCOCCN1C(=O)c2ccccc2C1=O. The molecule has 0 bridgehead atoms. The molecule has 54 heavy (non-hydrogen) atoms. The summed E-state index contributed by atoms with van der Waals surface area (Å²) in [5.41, 5.74) is 0.881. The second kappa shape index (κ2) is 34.9. The number of carbonyl (C=O) groups is 3. The van der Waals surface area contributed by atoms with Crippen LogP contribution in [0, 0.1) is 0 Å². The summed E-state index contributed by atoms with van der Waals surface area (Å²) in [4.78, 5) is 37.6. The number of benzene rings is 1. The predicted octanol–water partition coefficient (Wildman–Crippen LogP) is 4.90. The van der Waals surface area contributed by atoms with Crippen LogP contribution in [0.15, 0.2) is 24.3 Å². The maximum absolute atomic E-state index is 12.3. The van der Waals surface area contributed by atoms with Crippen molar-refractivity contribution in [3.63, 3.8) is 0 Å². The summed E-state index contributed by atoms with van der Waals surface area (Å²) < 4.78 is 54.5. The van der Waals surface area contributed by atoms with Gasteiger partial charge in [-0.25, -0.2) is 0 Å². The fraction of sp³-hybridized carbons (Fsp3) is 0.775. The summed E-state index contributed by atoms with van der Waals surface area (Å²) in [5.74, 6) is -0.702. The minimum atomic E-state index is -0.279. The van der Waals surface area contributed by atoms with E-state index in [0.717, 1.165) is 12.8 Å². The van der Waals surface area contributed by atoms with Gasteiger partial charge in [-0.15, -0.1) is 0 Å². The Balaban J connectivity index is 1.17. The normalized spacial score (nSPS) is 12.6. The van der Waals surface area contributed by atoms with Gasteiger partial charge in [-0.2, -0.15) is 0 Å². The van der Waals surface area contributed by atoms with Gasteiger partial charge in [-0.1, -0.05) is 70.4 Å². The first-order chi connectivity index (χ1) is 26.6. The molecule has 0 unspecified atom stereocenters. The van der Waals surface area contributed by atoms with E-state index < -0.39 is 0 Å². The molecular weight excluding hydrogens is 702 g/mol. The molecule has 2 amide bonds. The lowest BCUT2D eigenvalue weighted by Crippen LogP contribution is -2.33. The number of nitrogens with zero attached hydrogens (tertiary/aromatic N) is 1. The van der Waals surface area contributed by atoms with Gasteiger partial charge in [0, 0.05) is 6.42 Å². The van der Waals surface area contributed by atoms with E-state index in [-0.39, 0.29) is 37.5 Å². The molecule has 1 aliphatic heterocycles. The number of imide groups is 1. The van der Waals surface area contributed by atoms with E-state index >= 15 is 0 Å². The molecule has 2 rings (SSSR count). The molecule has 0 radical (unpaired) electrons. The molecule has 1 aliphatic rings. The first-order valence-corrected chi connectivity index (χ1v) is 20.0. The van der Waals surface area contributed by atoms with Crippen LogP contribution in [0.4, 0.5) is 0 Å². The van der Waals surface area contributed by atoms with Crippen LogP contribution in [0.5, 0.6) is 0 Å². The van der Waals surface area contributed by atoms with Crippen molar-refractivity contribution >= 4 is 17.8 Å². The highest BCUT2D eigenvalue weighted by Gasteiger charge is 2.34. The number of rotatable bonds is 40. The standard InChI is InChI=1S/C40H67NO13/c1-2-3-4-5-6-7-8-9-10-15-38(42)54-35-34-53-33-32-52-31-30-51-29-28-50-27-26-49-25-24-48-23-22-47-21-20-46-19-18-45-17-16-41-39(43)36-13-11-12-14-37(36)40(41)44/h11-14H,2-10,15-35H2,1H3. The number of hydrogen-bond donors (Lipinski definition) is 0. The van der Waals surface area contributed by atoms with Gasteiger partial charge in [0.1, 0.15) is 6.61 Å². The fourth-order valence-electron chi connectivity index (χ4n) is 5.33. The van der Waals surface area contributed by atoms with E-state index in [1.807, 2.05) is 0 Å². The van der Waals surface area contributed by atoms with E-state index in [1.54, 1.807) is 24.3 Å². The highest BCUT2D eigenvalue weighted by atomic mass is 16.6. The van der Waals surface area contributed by atoms with Crippen LogP contribution in [0.3, 0.4) is 0 Å². The van der Waals surface area contributed by atoms with Crippen molar-refractivity contribution < 1.29 is 61.8 Å². The van der Waals surface area contributed by atoms with Crippen LogP contribution in [-0.2, 0) is 52.2 Å². The summed E-state index contributed by atoms with van der Waals surface area (Å²) in [6, 6.07) is 6.82. The topological polar surface area (TPSA) is 147 Å². The number of ether oxygens (including phenoxy) is 10. The smallest absolute Gasteiger partial charge is 0.305 e. The lowest BCUT2D eigenvalue weighted by Gasteiger charge is -2.13. The Morgan fingerprint density at radius 2 is 0.759 bits per heavy atom. The molecule has 0 aromatic heterocycles. The van der Waals surface area contributed by atoms with Crippen molar-refractivity contribution in [3.8, 4) is 0 Å². The third-order valence-electron chi connectivity index (χ3n) is 8.29. The second-order valence-corrected chi connectivity index (χ2v) is 12.6. The van der Waals surface area contributed by atoms with E-state index in [0.29, 0.717) is 130 Å². The molecule has 1 heterocycles. The predicted molar refractivity (Wildman–Crippen MR) is 202 cm³/mol. The molecule has 1 aromatic rings. The number of fused-ring (bicyclic) bond motifs is 1. The molecule has 14 heteroatoms. The maximum atomic E-state index is 12.3. The van der Waals surface area contributed by atoms with Crippen LogP contribution in [0.25, 0.3) is 0 Å². The molecule has 0 fully saturated rings. The van der Waals surface area contributed by atoms with Crippen molar-refractivity contribution in [3.05, 3.63) is 35.4 Å². The number of esters is 1. The van der Waals surface area contributed by atoms with Crippen LogP contribution in [0.1, 0.15) is 91.8 Å². The molecule has 0 atom stereocenters. The van der Waals surface area contributed by atoms with Gasteiger partial charge in [0.15, 0.2) is 0 Å². The van der Waals surface area contributed by atoms with E-state index in [2.05, 4.69) is 6.92 Å². The molecule has 0 saturated heterocycles. The summed E-state index contributed by atoms with van der Waals surface area (Å²) in [6.07, 6.45) is 11.5. The Labute approximate surface area is 322 Å². The minimum absolute atomic E-state index is 0.143. The summed E-state index contributed by atoms with van der Waals surface area (Å²) in [6.45, 7) is 10.6. The van der Waals surface area contributed by atoms with Gasteiger partial charge in [-0.3, -0.25) is 19.3 Å². The highest BCUT2D eigenvalue weighted by Crippen LogP contribution is 2.21. The van der Waals surface area contributed by atoms with Crippen LogP contribution < -0.4 is 0 Å². The minimum Gasteiger partial charge on any atom is -0.463 e. The Kier molecular flexibility index (Phi) is 30.8. The lowest BCUT2D eigenvalue weighted by atomic mass is 10.1. The quantitative estimate of drug-likeness (QED) is 0.0508. The zero-order valence-corrected chi connectivity index (χ0v) is 32.8. The van der Waals surface area contributed by atoms with Crippen LogP contribution in [0.2, 0.25) is 0 Å². The van der Waals surface area contributed by atoms with Gasteiger partial charge < -0.3 is 47.4 Å². The zero-order valence-electron chi connectivity index (χ0n) is 32.8. The Hall–Kier alpha value is -2.53. The van der Waals surface area contributed by atoms with Crippen molar-refractivity contribution in [2.45, 2.75) is 71.1 Å². The summed E-state index contributed by atoms with van der Waals surface area (Å²) in [7, 11) is 0. The molecule has 0 N–H and O–H groups in total. The van der Waals surface area contributed by atoms with Gasteiger partial charge in [0.25, 0.3) is 11.8 Å². The molecule has 0 saturated carbocycles. The van der Waals surface area contributed by atoms with Crippen LogP contribution in [-0.4, -0.2) is 155 Å².